The highest BCUT2D eigenvalue weighted by atomic mass is 35.5. The van der Waals surface area contributed by atoms with Crippen LogP contribution in [0.15, 0.2) is 60.7 Å². The number of hydrogen-bond donors (Lipinski definition) is 1. The van der Waals surface area contributed by atoms with Crippen LogP contribution in [0.2, 0.25) is 5.02 Å². The molecule has 3 aromatic carbocycles. The molecule has 3 aromatic rings. The molecule has 4 atom stereocenters. The molecule has 1 spiro atoms. The van der Waals surface area contributed by atoms with Crippen molar-refractivity contribution in [1.82, 2.24) is 20.0 Å². The number of anilines is 2. The third kappa shape index (κ3) is 6.54. The lowest BCUT2D eigenvalue weighted by atomic mass is 9.57. The first-order valence-electron chi connectivity index (χ1n) is 20.9. The average molecular weight is 830 g/mol. The molecule has 1 saturated carbocycles. The normalized spacial score (nSPS) is 25.8. The quantitative estimate of drug-likeness (QED) is 0.338. The molecule has 10 rings (SSSR count). The van der Waals surface area contributed by atoms with Crippen molar-refractivity contribution >= 4 is 58.4 Å². The fraction of sp³-hybridized carbons (Fsp3) is 0.444. The second-order valence-electron chi connectivity index (χ2n) is 17.6. The largest absolute Gasteiger partial charge is 0.490 e. The Morgan fingerprint density at radius 2 is 1.48 bits per heavy atom. The molecule has 0 aromatic heterocycles. The van der Waals surface area contributed by atoms with E-state index < -0.39 is 29.7 Å². The van der Waals surface area contributed by atoms with Crippen molar-refractivity contribution in [2.45, 2.75) is 75.6 Å². The lowest BCUT2D eigenvalue weighted by molar-refractivity contribution is -0.145. The molecule has 6 fully saturated rings. The van der Waals surface area contributed by atoms with Crippen LogP contribution in [0.1, 0.15) is 88.0 Å². The number of nitrogens with zero attached hydrogens (tertiary/aromatic N) is 6. The van der Waals surface area contributed by atoms with E-state index in [1.807, 2.05) is 35.2 Å². The molecule has 6 heterocycles. The fourth-order valence-electron chi connectivity index (χ4n) is 10.8. The Bertz CT molecular complexity index is 2360. The Hall–Kier alpha value is -5.94. The molecular formula is C45H44ClN7O7. The third-order valence-corrected chi connectivity index (χ3v) is 14.2. The van der Waals surface area contributed by atoms with Gasteiger partial charge in [-0.1, -0.05) is 11.6 Å². The maximum Gasteiger partial charge on any atom is 0.262 e. The monoisotopic (exact) mass is 829 g/mol. The van der Waals surface area contributed by atoms with E-state index in [4.69, 9.17) is 16.3 Å². The molecule has 60 heavy (non-hydrogen) atoms. The minimum Gasteiger partial charge on any atom is -0.490 e. The number of rotatable bonds is 7. The van der Waals surface area contributed by atoms with Gasteiger partial charge in [-0.3, -0.25) is 39.0 Å². The minimum atomic E-state index is -0.996. The summed E-state index contributed by atoms with van der Waals surface area (Å²) < 4.78 is 6.26. The van der Waals surface area contributed by atoms with E-state index in [1.54, 1.807) is 30.3 Å². The highest BCUT2D eigenvalue weighted by molar-refractivity contribution is 6.31. The zero-order valence-electron chi connectivity index (χ0n) is 33.0. The van der Waals surface area contributed by atoms with Gasteiger partial charge in [-0.15, -0.1) is 0 Å². The molecule has 0 radical (unpaired) electrons. The van der Waals surface area contributed by atoms with Crippen LogP contribution in [-0.2, 0) is 14.4 Å². The van der Waals surface area contributed by atoms with Gasteiger partial charge in [0.15, 0.2) is 0 Å². The summed E-state index contributed by atoms with van der Waals surface area (Å²) in [5.74, 6) is -1.17. The number of hydrogen-bond acceptors (Lipinski definition) is 10. The van der Waals surface area contributed by atoms with E-state index in [2.05, 4.69) is 26.1 Å². The highest BCUT2D eigenvalue weighted by Crippen LogP contribution is 2.53. The number of carbonyl (C=O) groups excluding carboxylic acids is 6. The number of imide groups is 2. The fourth-order valence-corrected chi connectivity index (χ4v) is 11.0. The standard InChI is InChI=1S/C45H44ClN7O7/c46-37-20-33(9-3-27(37)23-47)60-34-17-31-6-7-32(18-34)52(31)42(57)26-1-4-29(5-2-26)49-13-15-50(16-14-49)41(56)28-21-45(22-28)24-51(25-45)30-8-10-35-36(19-30)44(59)53(43(35)58)38-11-12-39(54)48-40(38)55/h1-5,8-10,19-20,28,31-32,34,38H,6-7,11-18,21-22,24-25H2,(H,48,54,55)/t31-,32+,34?,38?. The summed E-state index contributed by atoms with van der Waals surface area (Å²) in [4.78, 5) is 87.3. The van der Waals surface area contributed by atoms with Gasteiger partial charge in [-0.25, -0.2) is 0 Å². The van der Waals surface area contributed by atoms with E-state index in [1.165, 1.54) is 0 Å². The van der Waals surface area contributed by atoms with Gasteiger partial charge in [-0.05, 0) is 86.7 Å². The molecule has 14 nitrogen and oxygen atoms in total. The predicted octanol–water partition coefficient (Wildman–Crippen LogP) is 4.39. The van der Waals surface area contributed by atoms with Crippen LogP contribution >= 0.6 is 11.6 Å². The van der Waals surface area contributed by atoms with Gasteiger partial charge in [0, 0.05) is 105 Å². The summed E-state index contributed by atoms with van der Waals surface area (Å²) in [7, 11) is 0. The van der Waals surface area contributed by atoms with Gasteiger partial charge < -0.3 is 24.3 Å². The van der Waals surface area contributed by atoms with Crippen molar-refractivity contribution in [2.24, 2.45) is 11.3 Å². The number of piperidine rings is 2. The molecule has 1 N–H and O–H groups in total. The molecular weight excluding hydrogens is 786 g/mol. The first-order valence-corrected chi connectivity index (χ1v) is 21.3. The highest BCUT2D eigenvalue weighted by Gasteiger charge is 2.55. The van der Waals surface area contributed by atoms with Crippen molar-refractivity contribution in [3.63, 3.8) is 0 Å². The minimum absolute atomic E-state index is 0.00770. The second-order valence-corrected chi connectivity index (χ2v) is 18.0. The van der Waals surface area contributed by atoms with Crippen molar-refractivity contribution < 1.29 is 33.5 Å². The lowest BCUT2D eigenvalue weighted by Gasteiger charge is -2.60. The predicted molar refractivity (Wildman–Crippen MR) is 219 cm³/mol. The van der Waals surface area contributed by atoms with Crippen LogP contribution in [0.4, 0.5) is 11.4 Å². The van der Waals surface area contributed by atoms with E-state index in [9.17, 15) is 34.0 Å². The van der Waals surface area contributed by atoms with Crippen LogP contribution in [0.25, 0.3) is 0 Å². The van der Waals surface area contributed by atoms with Crippen molar-refractivity contribution in [3.05, 3.63) is 87.9 Å². The summed E-state index contributed by atoms with van der Waals surface area (Å²) in [6.07, 6.45) is 5.21. The molecule has 7 aliphatic rings. The van der Waals surface area contributed by atoms with Gasteiger partial charge in [0.25, 0.3) is 17.7 Å². The van der Waals surface area contributed by atoms with Gasteiger partial charge in [-0.2, -0.15) is 5.26 Å². The number of piperazine rings is 1. The van der Waals surface area contributed by atoms with Gasteiger partial charge in [0.2, 0.25) is 17.7 Å². The summed E-state index contributed by atoms with van der Waals surface area (Å²) in [5.41, 5.74) is 3.55. The Labute approximate surface area is 351 Å². The van der Waals surface area contributed by atoms with E-state index in [0.29, 0.717) is 48.1 Å². The van der Waals surface area contributed by atoms with Crippen LogP contribution in [0.5, 0.6) is 5.75 Å². The third-order valence-electron chi connectivity index (χ3n) is 13.9. The van der Waals surface area contributed by atoms with E-state index in [0.717, 1.165) is 67.9 Å². The smallest absolute Gasteiger partial charge is 0.262 e. The number of nitriles is 1. The summed E-state index contributed by atoms with van der Waals surface area (Å²) in [6.45, 7) is 4.25. The SMILES string of the molecule is N#Cc1ccc(OC2C[C@H]3CC[C@@H](C2)N3C(=O)c2ccc(N3CCN(C(=O)C4CC5(C4)CN(c4ccc6c(c4)C(=O)N(C4CCC(=O)NC4=O)C6=O)C5)CC3)cc2)cc1Cl. The Morgan fingerprint density at radius 1 is 0.800 bits per heavy atom. The van der Waals surface area contributed by atoms with Crippen LogP contribution in [0.3, 0.4) is 0 Å². The Balaban J connectivity index is 0.681. The Kier molecular flexibility index (Phi) is 9.35. The van der Waals surface area contributed by atoms with E-state index >= 15 is 0 Å². The molecule has 6 aliphatic heterocycles. The number of nitrogens with one attached hydrogen (secondary N) is 1. The first kappa shape index (κ1) is 38.3. The number of halogens is 1. The van der Waals surface area contributed by atoms with E-state index in [-0.39, 0.29) is 65.3 Å². The number of fused-ring (bicyclic) bond motifs is 3. The van der Waals surface area contributed by atoms with Crippen molar-refractivity contribution in [3.8, 4) is 11.8 Å². The van der Waals surface area contributed by atoms with Gasteiger partial charge in [0.1, 0.15) is 24.0 Å². The zero-order chi connectivity index (χ0) is 41.4. The van der Waals surface area contributed by atoms with Crippen molar-refractivity contribution in [2.75, 3.05) is 49.1 Å². The topological polar surface area (TPSA) is 164 Å². The molecule has 1 aliphatic carbocycles. The number of ether oxygens (including phenoxy) is 1. The molecule has 15 heteroatoms. The van der Waals surface area contributed by atoms with Gasteiger partial charge in [0.05, 0.1) is 21.7 Å². The molecule has 5 saturated heterocycles. The van der Waals surface area contributed by atoms with Gasteiger partial charge >= 0.3 is 0 Å². The summed E-state index contributed by atoms with van der Waals surface area (Å²) in [6, 6.07) is 19.5. The lowest BCUT2D eigenvalue weighted by Crippen LogP contribution is -2.65. The maximum absolute atomic E-state index is 13.8. The van der Waals surface area contributed by atoms with Crippen molar-refractivity contribution in [1.29, 1.82) is 5.26 Å². The number of benzene rings is 3. The Morgan fingerprint density at radius 3 is 2.15 bits per heavy atom. The van der Waals surface area contributed by atoms with Crippen LogP contribution < -0.4 is 19.9 Å². The zero-order valence-corrected chi connectivity index (χ0v) is 33.7. The maximum atomic E-state index is 13.8. The molecule has 6 amide bonds. The number of amides is 6. The van der Waals surface area contributed by atoms with Crippen LogP contribution in [-0.4, -0.2) is 114 Å². The average Bonchev–Trinajstić information content (AvgIpc) is 3.63. The molecule has 2 unspecified atom stereocenters. The summed E-state index contributed by atoms with van der Waals surface area (Å²) in [5, 5.41) is 11.8. The van der Waals surface area contributed by atoms with Crippen LogP contribution in [0, 0.1) is 22.7 Å². The second kappa shape index (κ2) is 14.7. The number of carbonyl (C=O) groups is 6. The first-order chi connectivity index (χ1) is 29.0. The molecule has 308 valence electrons. The molecule has 2 bridgehead atoms. The summed E-state index contributed by atoms with van der Waals surface area (Å²) >= 11 is 6.22.